The summed E-state index contributed by atoms with van der Waals surface area (Å²) in [7, 11) is 1.46. The van der Waals surface area contributed by atoms with Gasteiger partial charge in [-0.2, -0.15) is 18.2 Å². The number of fused-ring (bicyclic) bond motifs is 2. The van der Waals surface area contributed by atoms with Crippen molar-refractivity contribution in [1.29, 1.82) is 0 Å². The van der Waals surface area contributed by atoms with Gasteiger partial charge in [-0.15, -0.1) is 5.10 Å². The first kappa shape index (κ1) is 19.3. The van der Waals surface area contributed by atoms with Crippen molar-refractivity contribution < 1.29 is 32.5 Å². The normalized spacial score (nSPS) is 28.0. The summed E-state index contributed by atoms with van der Waals surface area (Å²) in [5, 5.41) is 14.1. The van der Waals surface area contributed by atoms with Gasteiger partial charge in [0, 0.05) is 26.2 Å². The molecule has 0 bridgehead atoms. The molecule has 4 atom stereocenters. The maximum absolute atomic E-state index is 12.9. The largest absolute Gasteiger partial charge is 0.488 e. The number of nitrogens with zero attached hydrogens (tertiary/aromatic N) is 4. The van der Waals surface area contributed by atoms with Crippen LogP contribution in [0.2, 0.25) is 0 Å². The van der Waals surface area contributed by atoms with E-state index in [1.165, 1.54) is 7.05 Å². The van der Waals surface area contributed by atoms with Gasteiger partial charge in [-0.1, -0.05) is 0 Å². The number of aliphatic hydroxyl groups is 1. The average Bonchev–Trinajstić information content (AvgIpc) is 3.38. The summed E-state index contributed by atoms with van der Waals surface area (Å²) < 4.78 is 56.6. The number of aromatic nitrogens is 3. The van der Waals surface area contributed by atoms with Crippen LogP contribution >= 0.6 is 0 Å². The molecule has 0 amide bonds. The number of alkyl halides is 3. The number of hydrogen-bond acceptors (Lipinski definition) is 7. The Morgan fingerprint density at radius 1 is 1.13 bits per heavy atom. The van der Waals surface area contributed by atoms with Crippen molar-refractivity contribution in [2.45, 2.75) is 31.2 Å². The number of ether oxygens (including phenoxy) is 3. The zero-order chi connectivity index (χ0) is 21.0. The SMILES string of the molecule is Cn1nc(C(F)(F)F)nc1N1C[C@H]2C[C@@H](Oc3ccc4c(c3)OCO4)[C@H](O)C[C@H]2C1. The lowest BCUT2D eigenvalue weighted by Crippen LogP contribution is -2.42. The minimum atomic E-state index is -4.58. The molecule has 162 valence electrons. The van der Waals surface area contributed by atoms with Crippen LogP contribution in [-0.2, 0) is 13.2 Å². The fourth-order valence-electron chi connectivity index (χ4n) is 4.58. The number of aryl methyl sites for hydroxylation is 1. The third-order valence-electron chi connectivity index (χ3n) is 5.99. The molecule has 1 saturated heterocycles. The average molecular weight is 426 g/mol. The van der Waals surface area contributed by atoms with Gasteiger partial charge in [0.1, 0.15) is 11.9 Å². The van der Waals surface area contributed by atoms with E-state index in [9.17, 15) is 18.3 Å². The van der Waals surface area contributed by atoms with Crippen molar-refractivity contribution in [2.75, 3.05) is 24.8 Å². The van der Waals surface area contributed by atoms with E-state index in [-0.39, 0.29) is 24.6 Å². The van der Waals surface area contributed by atoms with Gasteiger partial charge in [0.15, 0.2) is 11.5 Å². The van der Waals surface area contributed by atoms with Gasteiger partial charge in [0.05, 0.1) is 6.10 Å². The van der Waals surface area contributed by atoms with Gasteiger partial charge in [-0.3, -0.25) is 0 Å². The predicted molar refractivity (Wildman–Crippen MR) is 97.4 cm³/mol. The molecule has 0 spiro atoms. The maximum atomic E-state index is 12.9. The first-order valence-corrected chi connectivity index (χ1v) is 9.75. The lowest BCUT2D eigenvalue weighted by atomic mass is 9.78. The molecule has 0 unspecified atom stereocenters. The smallest absolute Gasteiger partial charge is 0.453 e. The molecule has 5 rings (SSSR count). The molecule has 11 heteroatoms. The molecule has 3 heterocycles. The number of hydrogen-bond donors (Lipinski definition) is 1. The molecule has 8 nitrogen and oxygen atoms in total. The number of rotatable bonds is 3. The summed E-state index contributed by atoms with van der Waals surface area (Å²) in [4.78, 5) is 5.51. The van der Waals surface area contributed by atoms with Gasteiger partial charge in [0.25, 0.3) is 5.82 Å². The Morgan fingerprint density at radius 3 is 2.60 bits per heavy atom. The lowest BCUT2D eigenvalue weighted by molar-refractivity contribution is -0.144. The zero-order valence-corrected chi connectivity index (χ0v) is 16.2. The van der Waals surface area contributed by atoms with Crippen LogP contribution in [0.1, 0.15) is 18.7 Å². The highest BCUT2D eigenvalue weighted by Gasteiger charge is 2.45. The molecular weight excluding hydrogens is 405 g/mol. The molecule has 1 aromatic carbocycles. The van der Waals surface area contributed by atoms with E-state index in [1.807, 2.05) is 4.90 Å². The number of benzene rings is 1. The van der Waals surface area contributed by atoms with E-state index >= 15 is 0 Å². The van der Waals surface area contributed by atoms with Gasteiger partial charge >= 0.3 is 6.18 Å². The van der Waals surface area contributed by atoms with E-state index in [0.717, 1.165) is 4.68 Å². The maximum Gasteiger partial charge on any atom is 0.453 e. The summed E-state index contributed by atoms with van der Waals surface area (Å²) in [6.45, 7) is 1.24. The number of anilines is 1. The third-order valence-corrected chi connectivity index (χ3v) is 5.99. The van der Waals surface area contributed by atoms with Crippen LogP contribution in [0.5, 0.6) is 17.2 Å². The molecule has 30 heavy (non-hydrogen) atoms. The van der Waals surface area contributed by atoms with Crippen LogP contribution in [0, 0.1) is 11.8 Å². The monoisotopic (exact) mass is 426 g/mol. The quantitative estimate of drug-likeness (QED) is 0.806. The molecule has 1 N–H and O–H groups in total. The molecule has 0 radical (unpaired) electrons. The van der Waals surface area contributed by atoms with Gasteiger partial charge < -0.3 is 24.2 Å². The zero-order valence-electron chi connectivity index (χ0n) is 16.2. The summed E-state index contributed by atoms with van der Waals surface area (Å²) >= 11 is 0. The summed E-state index contributed by atoms with van der Waals surface area (Å²) in [6, 6.07) is 5.27. The summed E-state index contributed by atoms with van der Waals surface area (Å²) in [6.07, 6.45) is -4.54. The van der Waals surface area contributed by atoms with E-state index in [1.54, 1.807) is 18.2 Å². The second kappa shape index (κ2) is 6.93. The Balaban J connectivity index is 1.28. The highest BCUT2D eigenvalue weighted by molar-refractivity contribution is 5.47. The standard InChI is InChI=1S/C19H21F3N4O4/c1-25-18(23-17(24-25)19(20,21)22)26-7-10-4-13(27)15(5-11(10)8-26)30-12-2-3-14-16(6-12)29-9-28-14/h2-3,6,10-11,13,15,27H,4-5,7-9H2,1H3/t10-,11+,13+,15+/m0/s1. The molecule has 1 saturated carbocycles. The lowest BCUT2D eigenvalue weighted by Gasteiger charge is -2.35. The van der Waals surface area contributed by atoms with Gasteiger partial charge in [-0.25, -0.2) is 4.68 Å². The highest BCUT2D eigenvalue weighted by atomic mass is 19.4. The fraction of sp³-hybridized carbons (Fsp3) is 0.579. The van der Waals surface area contributed by atoms with Crippen molar-refractivity contribution in [2.24, 2.45) is 18.9 Å². The van der Waals surface area contributed by atoms with E-state index in [2.05, 4.69) is 10.1 Å². The van der Waals surface area contributed by atoms with Crippen LogP contribution < -0.4 is 19.1 Å². The van der Waals surface area contributed by atoms with Crippen LogP contribution in [0.3, 0.4) is 0 Å². The Hall–Kier alpha value is -2.69. The van der Waals surface area contributed by atoms with Crippen molar-refractivity contribution in [3.8, 4) is 17.2 Å². The Labute approximate surface area is 170 Å². The number of aliphatic hydroxyl groups excluding tert-OH is 1. The molecular formula is C19H21F3N4O4. The van der Waals surface area contributed by atoms with Gasteiger partial charge in [0.2, 0.25) is 12.7 Å². The van der Waals surface area contributed by atoms with Crippen LogP contribution in [0.25, 0.3) is 0 Å². The van der Waals surface area contributed by atoms with E-state index in [0.29, 0.717) is 43.2 Å². The first-order chi connectivity index (χ1) is 14.3. The van der Waals surface area contributed by atoms with Gasteiger partial charge in [-0.05, 0) is 36.8 Å². The van der Waals surface area contributed by atoms with Crippen molar-refractivity contribution >= 4 is 5.95 Å². The Morgan fingerprint density at radius 2 is 1.87 bits per heavy atom. The van der Waals surface area contributed by atoms with Crippen LogP contribution in [-0.4, -0.2) is 52.0 Å². The molecule has 3 aliphatic rings. The minimum absolute atomic E-state index is 0.155. The number of halogens is 3. The molecule has 1 aromatic heterocycles. The van der Waals surface area contributed by atoms with E-state index < -0.39 is 24.2 Å². The second-order valence-corrected chi connectivity index (χ2v) is 7.99. The third kappa shape index (κ3) is 3.40. The predicted octanol–water partition coefficient (Wildman–Crippen LogP) is 2.22. The Kier molecular flexibility index (Phi) is 4.46. The van der Waals surface area contributed by atoms with E-state index in [4.69, 9.17) is 14.2 Å². The first-order valence-electron chi connectivity index (χ1n) is 9.75. The molecule has 2 fully saturated rings. The summed E-state index contributed by atoms with van der Waals surface area (Å²) in [5.74, 6) is 1.23. The Bertz CT molecular complexity index is 950. The van der Waals surface area contributed by atoms with Crippen molar-refractivity contribution in [1.82, 2.24) is 14.8 Å². The fourth-order valence-corrected chi connectivity index (χ4v) is 4.58. The minimum Gasteiger partial charge on any atom is -0.488 e. The molecule has 1 aliphatic carbocycles. The van der Waals surface area contributed by atoms with Crippen molar-refractivity contribution in [3.05, 3.63) is 24.0 Å². The second-order valence-electron chi connectivity index (χ2n) is 7.99. The van der Waals surface area contributed by atoms with Crippen LogP contribution in [0.4, 0.5) is 19.1 Å². The highest BCUT2D eigenvalue weighted by Crippen LogP contribution is 2.41. The molecule has 2 aliphatic heterocycles. The summed E-state index contributed by atoms with van der Waals surface area (Å²) in [5.41, 5.74) is 0. The molecule has 2 aromatic rings. The van der Waals surface area contributed by atoms with Crippen molar-refractivity contribution in [3.63, 3.8) is 0 Å². The topological polar surface area (TPSA) is 81.9 Å². The van der Waals surface area contributed by atoms with Crippen LogP contribution in [0.15, 0.2) is 18.2 Å².